The van der Waals surface area contributed by atoms with Crippen molar-refractivity contribution in [3.63, 3.8) is 0 Å². The Hall–Kier alpha value is -3.60. The molecule has 1 amide bonds. The van der Waals surface area contributed by atoms with Gasteiger partial charge in [0.05, 0.1) is 0 Å². The minimum atomic E-state index is -0.315. The van der Waals surface area contributed by atoms with Gasteiger partial charge >= 0.3 is 0 Å². The maximum atomic E-state index is 13.0. The van der Waals surface area contributed by atoms with Crippen molar-refractivity contribution in [3.8, 4) is 11.5 Å². The summed E-state index contributed by atoms with van der Waals surface area (Å²) in [6.07, 6.45) is 0. The molecule has 0 atom stereocenters. The van der Waals surface area contributed by atoms with E-state index in [2.05, 4.69) is 5.32 Å². The van der Waals surface area contributed by atoms with Crippen LogP contribution >= 0.6 is 0 Å². The molecule has 1 aromatic heterocycles. The molecule has 1 heterocycles. The zero-order valence-electron chi connectivity index (χ0n) is 14.3. The smallest absolute Gasteiger partial charge is 0.287 e. The predicted octanol–water partition coefficient (Wildman–Crippen LogP) is 5.29. The Morgan fingerprint density at radius 3 is 2.56 bits per heavy atom. The summed E-state index contributed by atoms with van der Waals surface area (Å²) in [4.78, 5) is 12.3. The van der Waals surface area contributed by atoms with Crippen LogP contribution in [0, 0.1) is 5.82 Å². The van der Waals surface area contributed by atoms with Gasteiger partial charge in [0.2, 0.25) is 0 Å². The van der Waals surface area contributed by atoms with Gasteiger partial charge in [0.15, 0.2) is 5.76 Å². The highest BCUT2D eigenvalue weighted by molar-refractivity contribution is 5.96. The Morgan fingerprint density at radius 1 is 0.926 bits per heavy atom. The van der Waals surface area contributed by atoms with Crippen LogP contribution in [0.25, 0.3) is 11.0 Å². The highest BCUT2D eigenvalue weighted by atomic mass is 19.1. The van der Waals surface area contributed by atoms with Crippen molar-refractivity contribution in [2.75, 3.05) is 0 Å². The van der Waals surface area contributed by atoms with E-state index in [0.717, 1.165) is 10.9 Å². The molecular weight excluding hydrogens is 345 g/mol. The average molecular weight is 361 g/mol. The third-order valence-corrected chi connectivity index (χ3v) is 4.05. The number of para-hydroxylation sites is 1. The molecule has 3 aromatic carbocycles. The van der Waals surface area contributed by atoms with Gasteiger partial charge in [0.25, 0.3) is 5.91 Å². The third-order valence-electron chi connectivity index (χ3n) is 4.05. The molecule has 0 saturated carbocycles. The predicted molar refractivity (Wildman–Crippen MR) is 100 cm³/mol. The number of furan rings is 1. The zero-order chi connectivity index (χ0) is 18.6. The lowest BCUT2D eigenvalue weighted by Crippen LogP contribution is -2.22. The number of fused-ring (bicyclic) bond motifs is 1. The molecule has 0 aliphatic rings. The summed E-state index contributed by atoms with van der Waals surface area (Å²) in [6, 6.07) is 22.3. The van der Waals surface area contributed by atoms with Gasteiger partial charge in [0.1, 0.15) is 22.9 Å². The second-order valence-electron chi connectivity index (χ2n) is 6.03. The number of ether oxygens (including phenoxy) is 1. The lowest BCUT2D eigenvalue weighted by Gasteiger charge is -2.08. The molecule has 0 radical (unpaired) electrons. The van der Waals surface area contributed by atoms with E-state index in [-0.39, 0.29) is 17.5 Å². The van der Waals surface area contributed by atoms with Gasteiger partial charge in [-0.05, 0) is 54.1 Å². The molecule has 4 aromatic rings. The van der Waals surface area contributed by atoms with Crippen LogP contribution in [-0.2, 0) is 6.54 Å². The largest absolute Gasteiger partial charge is 0.457 e. The van der Waals surface area contributed by atoms with Crippen molar-refractivity contribution in [3.05, 3.63) is 96.0 Å². The number of carbonyl (C=O) groups excluding carboxylic acids is 1. The van der Waals surface area contributed by atoms with E-state index in [9.17, 15) is 9.18 Å². The molecule has 134 valence electrons. The Balaban J connectivity index is 1.42. The van der Waals surface area contributed by atoms with Crippen molar-refractivity contribution in [1.82, 2.24) is 5.32 Å². The van der Waals surface area contributed by atoms with Gasteiger partial charge in [-0.3, -0.25) is 4.79 Å². The first kappa shape index (κ1) is 16.8. The molecule has 0 aliphatic carbocycles. The summed E-state index contributed by atoms with van der Waals surface area (Å²) >= 11 is 0. The van der Waals surface area contributed by atoms with Crippen LogP contribution in [0.5, 0.6) is 11.5 Å². The maximum absolute atomic E-state index is 13.0. The maximum Gasteiger partial charge on any atom is 0.287 e. The molecule has 0 unspecified atom stereocenters. The number of rotatable bonds is 5. The number of amides is 1. The number of benzene rings is 3. The lowest BCUT2D eigenvalue weighted by molar-refractivity contribution is 0.0925. The van der Waals surface area contributed by atoms with E-state index in [1.165, 1.54) is 12.1 Å². The van der Waals surface area contributed by atoms with Crippen LogP contribution in [0.4, 0.5) is 4.39 Å². The molecular formula is C22H16FNO3. The molecule has 0 fully saturated rings. The van der Waals surface area contributed by atoms with Gasteiger partial charge in [-0.1, -0.05) is 30.3 Å². The van der Waals surface area contributed by atoms with Crippen LogP contribution in [-0.4, -0.2) is 5.91 Å². The minimum absolute atomic E-state index is 0.273. The van der Waals surface area contributed by atoms with Crippen molar-refractivity contribution >= 4 is 16.9 Å². The molecule has 27 heavy (non-hydrogen) atoms. The molecule has 4 nitrogen and oxygen atoms in total. The van der Waals surface area contributed by atoms with E-state index in [4.69, 9.17) is 9.15 Å². The quantitative estimate of drug-likeness (QED) is 0.525. The Bertz CT molecular complexity index is 1050. The third kappa shape index (κ3) is 3.98. The topological polar surface area (TPSA) is 51.5 Å². The van der Waals surface area contributed by atoms with Crippen LogP contribution in [0.1, 0.15) is 16.1 Å². The number of carbonyl (C=O) groups is 1. The summed E-state index contributed by atoms with van der Waals surface area (Å²) in [5.41, 5.74) is 1.55. The molecule has 0 spiro atoms. The first-order valence-corrected chi connectivity index (χ1v) is 8.46. The van der Waals surface area contributed by atoms with E-state index >= 15 is 0 Å². The van der Waals surface area contributed by atoms with E-state index in [1.807, 2.05) is 42.5 Å². The van der Waals surface area contributed by atoms with E-state index in [0.29, 0.717) is 23.6 Å². The normalized spacial score (nSPS) is 10.7. The fraction of sp³-hybridized carbons (Fsp3) is 0.0455. The first-order valence-electron chi connectivity index (χ1n) is 8.46. The van der Waals surface area contributed by atoms with Crippen molar-refractivity contribution in [2.24, 2.45) is 0 Å². The lowest BCUT2D eigenvalue weighted by atomic mass is 10.2. The summed E-state index contributed by atoms with van der Waals surface area (Å²) in [5, 5.41) is 3.72. The monoisotopic (exact) mass is 361 g/mol. The fourth-order valence-corrected chi connectivity index (χ4v) is 2.72. The highest BCUT2D eigenvalue weighted by Gasteiger charge is 2.11. The Labute approximate surface area is 155 Å². The molecule has 5 heteroatoms. The first-order chi connectivity index (χ1) is 13.2. The second kappa shape index (κ2) is 7.33. The van der Waals surface area contributed by atoms with E-state index < -0.39 is 0 Å². The van der Waals surface area contributed by atoms with Gasteiger partial charge < -0.3 is 14.5 Å². The number of hydrogen-bond donors (Lipinski definition) is 1. The minimum Gasteiger partial charge on any atom is -0.457 e. The van der Waals surface area contributed by atoms with E-state index in [1.54, 1.807) is 24.3 Å². The summed E-state index contributed by atoms with van der Waals surface area (Å²) in [6.45, 7) is 0.330. The molecule has 4 rings (SSSR count). The van der Waals surface area contributed by atoms with Crippen LogP contribution < -0.4 is 10.1 Å². The highest BCUT2D eigenvalue weighted by Crippen LogP contribution is 2.23. The second-order valence-corrected chi connectivity index (χ2v) is 6.03. The van der Waals surface area contributed by atoms with Gasteiger partial charge in [-0.2, -0.15) is 0 Å². The van der Waals surface area contributed by atoms with Gasteiger partial charge in [-0.25, -0.2) is 4.39 Å². The number of hydrogen-bond acceptors (Lipinski definition) is 3. The summed E-state index contributed by atoms with van der Waals surface area (Å²) in [7, 11) is 0. The average Bonchev–Trinajstić information content (AvgIpc) is 3.13. The number of nitrogens with one attached hydrogen (secondary N) is 1. The Kier molecular flexibility index (Phi) is 4.58. The SMILES string of the molecule is O=C(NCc1cccc(Oc2ccc(F)cc2)c1)c1cc2ccccc2o1. The summed E-state index contributed by atoms with van der Waals surface area (Å²) in [5.74, 6) is 0.826. The molecule has 1 N–H and O–H groups in total. The zero-order valence-corrected chi connectivity index (χ0v) is 14.3. The Morgan fingerprint density at radius 2 is 1.74 bits per heavy atom. The molecule has 0 aliphatic heterocycles. The van der Waals surface area contributed by atoms with Crippen LogP contribution in [0.15, 0.2) is 83.3 Å². The van der Waals surface area contributed by atoms with Crippen molar-refractivity contribution in [1.29, 1.82) is 0 Å². The van der Waals surface area contributed by atoms with Crippen molar-refractivity contribution < 1.29 is 18.3 Å². The van der Waals surface area contributed by atoms with Gasteiger partial charge in [0, 0.05) is 11.9 Å². The standard InChI is InChI=1S/C22H16FNO3/c23-17-8-10-18(11-9-17)26-19-6-3-4-15(12-19)14-24-22(25)21-13-16-5-1-2-7-20(16)27-21/h1-13H,14H2,(H,24,25). The molecule has 0 bridgehead atoms. The number of halogens is 1. The fourth-order valence-electron chi connectivity index (χ4n) is 2.72. The van der Waals surface area contributed by atoms with Crippen molar-refractivity contribution in [2.45, 2.75) is 6.54 Å². The van der Waals surface area contributed by atoms with Gasteiger partial charge in [-0.15, -0.1) is 0 Å². The van der Waals surface area contributed by atoms with Crippen LogP contribution in [0.3, 0.4) is 0 Å². The molecule has 0 saturated heterocycles. The van der Waals surface area contributed by atoms with Crippen LogP contribution in [0.2, 0.25) is 0 Å². The summed E-state index contributed by atoms with van der Waals surface area (Å²) < 4.78 is 24.2.